The first-order valence-corrected chi connectivity index (χ1v) is 8.93. The molecule has 0 spiro atoms. The molecule has 19 heavy (non-hydrogen) atoms. The molecule has 0 radical (unpaired) electrons. The number of ether oxygens (including phenoxy) is 1. The normalized spacial score (nSPS) is 25.3. The second-order valence-corrected chi connectivity index (χ2v) is 7.95. The van der Waals surface area contributed by atoms with Gasteiger partial charge in [0.2, 0.25) is 0 Å². The fourth-order valence-electron chi connectivity index (χ4n) is 2.30. The molecule has 1 aromatic carbocycles. The minimum Gasteiger partial charge on any atom is -0.491 e. The van der Waals surface area contributed by atoms with Crippen LogP contribution in [-0.2, 0) is 0 Å². The predicted molar refractivity (Wildman–Crippen MR) is 87.3 cm³/mol. The highest BCUT2D eigenvalue weighted by molar-refractivity contribution is 8.07. The Kier molecular flexibility index (Phi) is 5.48. The molecule has 0 saturated carbocycles. The molecule has 0 amide bonds. The van der Waals surface area contributed by atoms with E-state index in [4.69, 9.17) is 10.5 Å². The molecule has 4 heteroatoms. The molecule has 2 nitrogen and oxygen atoms in total. The summed E-state index contributed by atoms with van der Waals surface area (Å²) < 4.78 is 5.75. The fourth-order valence-corrected chi connectivity index (χ4v) is 5.18. The van der Waals surface area contributed by atoms with Crippen LogP contribution in [0.25, 0.3) is 0 Å². The van der Waals surface area contributed by atoms with Gasteiger partial charge in [0.05, 0.1) is 6.10 Å². The van der Waals surface area contributed by atoms with Gasteiger partial charge in [0.15, 0.2) is 0 Å². The largest absolute Gasteiger partial charge is 0.491 e. The van der Waals surface area contributed by atoms with E-state index in [9.17, 15) is 0 Å². The fraction of sp³-hybridized carbons (Fsp3) is 0.600. The van der Waals surface area contributed by atoms with Crippen molar-refractivity contribution >= 4 is 23.5 Å². The Labute approximate surface area is 124 Å². The molecular weight excluding hydrogens is 274 g/mol. The maximum atomic E-state index is 6.47. The maximum absolute atomic E-state index is 6.47. The van der Waals surface area contributed by atoms with Crippen LogP contribution in [0.1, 0.15) is 32.4 Å². The lowest BCUT2D eigenvalue weighted by atomic mass is 10.0. The lowest BCUT2D eigenvalue weighted by Crippen LogP contribution is -2.34. The Morgan fingerprint density at radius 2 is 2.00 bits per heavy atom. The van der Waals surface area contributed by atoms with Crippen LogP contribution < -0.4 is 10.5 Å². The molecule has 3 unspecified atom stereocenters. The van der Waals surface area contributed by atoms with Gasteiger partial charge in [-0.2, -0.15) is 23.5 Å². The highest BCUT2D eigenvalue weighted by Crippen LogP contribution is 2.38. The monoisotopic (exact) mass is 297 g/mol. The Morgan fingerprint density at radius 1 is 1.26 bits per heavy atom. The zero-order valence-corrected chi connectivity index (χ0v) is 13.5. The smallest absolute Gasteiger partial charge is 0.120 e. The van der Waals surface area contributed by atoms with Gasteiger partial charge in [-0.15, -0.1) is 0 Å². The van der Waals surface area contributed by atoms with Gasteiger partial charge >= 0.3 is 0 Å². The summed E-state index contributed by atoms with van der Waals surface area (Å²) in [6.45, 7) is 6.38. The van der Waals surface area contributed by atoms with Crippen LogP contribution in [0.15, 0.2) is 24.3 Å². The van der Waals surface area contributed by atoms with Gasteiger partial charge in [-0.1, -0.05) is 19.1 Å². The van der Waals surface area contributed by atoms with Crippen LogP contribution in [0.4, 0.5) is 0 Å². The average Bonchev–Trinajstić information content (AvgIpc) is 2.38. The first-order chi connectivity index (χ1) is 9.08. The van der Waals surface area contributed by atoms with E-state index in [0.717, 1.165) is 5.75 Å². The number of hydrogen-bond acceptors (Lipinski definition) is 4. The first kappa shape index (κ1) is 15.1. The molecule has 1 aliphatic heterocycles. The van der Waals surface area contributed by atoms with Crippen molar-refractivity contribution in [2.75, 3.05) is 11.5 Å². The molecule has 3 atom stereocenters. The van der Waals surface area contributed by atoms with Crippen LogP contribution >= 0.6 is 23.5 Å². The third-order valence-electron chi connectivity index (χ3n) is 3.21. The minimum atomic E-state index is 0.0866. The average molecular weight is 297 g/mol. The highest BCUT2D eigenvalue weighted by atomic mass is 32.2. The number of rotatable bonds is 4. The van der Waals surface area contributed by atoms with Gasteiger partial charge in [-0.05, 0) is 31.5 Å². The van der Waals surface area contributed by atoms with Gasteiger partial charge in [-0.3, -0.25) is 0 Å². The Bertz CT molecular complexity index is 411. The van der Waals surface area contributed by atoms with E-state index >= 15 is 0 Å². The number of nitrogens with two attached hydrogens (primary N) is 1. The summed E-state index contributed by atoms with van der Waals surface area (Å²) in [4.78, 5) is 0. The van der Waals surface area contributed by atoms with E-state index in [-0.39, 0.29) is 12.1 Å². The van der Waals surface area contributed by atoms with Crippen LogP contribution in [0.3, 0.4) is 0 Å². The van der Waals surface area contributed by atoms with E-state index in [1.54, 1.807) is 0 Å². The maximum Gasteiger partial charge on any atom is 0.120 e. The summed E-state index contributed by atoms with van der Waals surface area (Å²) in [6, 6.07) is 8.34. The summed E-state index contributed by atoms with van der Waals surface area (Å²) in [5, 5.41) is 1.11. The highest BCUT2D eigenvalue weighted by Gasteiger charge is 2.29. The van der Waals surface area contributed by atoms with E-state index in [1.165, 1.54) is 17.1 Å². The second kappa shape index (κ2) is 6.91. The lowest BCUT2D eigenvalue weighted by molar-refractivity contribution is 0.242. The predicted octanol–water partition coefficient (Wildman–Crippen LogP) is 3.71. The molecule has 1 aliphatic rings. The molecule has 0 aliphatic carbocycles. The SMILES string of the molecule is CC(C)Oc1cccc(C(N)C2SCCSC2C)c1. The molecule has 1 saturated heterocycles. The van der Waals surface area contributed by atoms with Crippen molar-refractivity contribution in [2.45, 2.75) is 43.4 Å². The second-order valence-electron chi connectivity index (χ2n) is 5.18. The molecule has 2 rings (SSSR count). The standard InChI is InChI=1S/C15H23NOS2/c1-10(2)17-13-6-4-5-12(9-13)14(16)15-11(3)18-7-8-19-15/h4-6,9-11,14-15H,7-8,16H2,1-3H3. The topological polar surface area (TPSA) is 35.2 Å². The Morgan fingerprint density at radius 3 is 2.68 bits per heavy atom. The third-order valence-corrected chi connectivity index (χ3v) is 6.42. The van der Waals surface area contributed by atoms with Crippen molar-refractivity contribution in [3.05, 3.63) is 29.8 Å². The van der Waals surface area contributed by atoms with E-state index in [1.807, 2.05) is 49.5 Å². The van der Waals surface area contributed by atoms with E-state index in [0.29, 0.717) is 10.5 Å². The number of hydrogen-bond donors (Lipinski definition) is 1. The van der Waals surface area contributed by atoms with Crippen molar-refractivity contribution in [2.24, 2.45) is 5.73 Å². The van der Waals surface area contributed by atoms with Crippen LogP contribution in [0.2, 0.25) is 0 Å². The summed E-state index contributed by atoms with van der Waals surface area (Å²) in [6.07, 6.45) is 0.199. The van der Waals surface area contributed by atoms with Crippen LogP contribution in [-0.4, -0.2) is 28.1 Å². The molecular formula is C15H23NOS2. The van der Waals surface area contributed by atoms with Crippen molar-refractivity contribution in [3.8, 4) is 5.75 Å². The van der Waals surface area contributed by atoms with Crippen LogP contribution in [0, 0.1) is 0 Å². The molecule has 1 fully saturated rings. The van der Waals surface area contributed by atoms with Crippen molar-refractivity contribution < 1.29 is 4.74 Å². The molecule has 2 N–H and O–H groups in total. The van der Waals surface area contributed by atoms with Gasteiger partial charge in [-0.25, -0.2) is 0 Å². The van der Waals surface area contributed by atoms with Crippen LogP contribution in [0.5, 0.6) is 5.75 Å². The van der Waals surface area contributed by atoms with Gasteiger partial charge < -0.3 is 10.5 Å². The summed E-state index contributed by atoms with van der Waals surface area (Å²) in [5.74, 6) is 3.37. The van der Waals surface area contributed by atoms with Crippen molar-refractivity contribution in [3.63, 3.8) is 0 Å². The van der Waals surface area contributed by atoms with Crippen molar-refractivity contribution in [1.82, 2.24) is 0 Å². The molecule has 1 heterocycles. The van der Waals surface area contributed by atoms with E-state index in [2.05, 4.69) is 19.1 Å². The summed E-state index contributed by atoms with van der Waals surface area (Å²) >= 11 is 4.04. The molecule has 0 aromatic heterocycles. The van der Waals surface area contributed by atoms with Gasteiger partial charge in [0.1, 0.15) is 5.75 Å². The third kappa shape index (κ3) is 4.07. The summed E-state index contributed by atoms with van der Waals surface area (Å²) in [7, 11) is 0. The zero-order valence-electron chi connectivity index (χ0n) is 11.8. The van der Waals surface area contributed by atoms with Gasteiger partial charge in [0, 0.05) is 28.0 Å². The quantitative estimate of drug-likeness (QED) is 0.919. The Hall–Kier alpha value is -0.320. The molecule has 0 bridgehead atoms. The van der Waals surface area contributed by atoms with Gasteiger partial charge in [0.25, 0.3) is 0 Å². The lowest BCUT2D eigenvalue weighted by Gasteiger charge is -2.32. The molecule has 1 aromatic rings. The Balaban J connectivity index is 2.11. The van der Waals surface area contributed by atoms with E-state index < -0.39 is 0 Å². The first-order valence-electron chi connectivity index (χ1n) is 6.83. The zero-order chi connectivity index (χ0) is 13.8. The number of thioether (sulfide) groups is 2. The number of benzene rings is 1. The van der Waals surface area contributed by atoms with Crippen molar-refractivity contribution in [1.29, 1.82) is 0 Å². The molecule has 106 valence electrons. The minimum absolute atomic E-state index is 0.0866. The summed E-state index contributed by atoms with van der Waals surface area (Å²) in [5.41, 5.74) is 7.66.